The van der Waals surface area contributed by atoms with Crippen LogP contribution in [-0.2, 0) is 25.7 Å². The van der Waals surface area contributed by atoms with Crippen molar-refractivity contribution in [2.75, 3.05) is 0 Å². The van der Waals surface area contributed by atoms with Crippen LogP contribution in [0.5, 0.6) is 11.5 Å². The molecule has 0 amide bonds. The van der Waals surface area contributed by atoms with E-state index in [1.165, 1.54) is 60.7 Å². The Morgan fingerprint density at radius 2 is 0.711 bits per heavy atom. The maximum Gasteiger partial charge on any atom is 0.534 e. The zero-order chi connectivity index (χ0) is 33.6. The molecule has 0 saturated carbocycles. The summed E-state index contributed by atoms with van der Waals surface area (Å²) in [5.41, 5.74) is -15.8. The molecule has 4 rings (SSSR count). The van der Waals surface area contributed by atoms with Gasteiger partial charge in [0.15, 0.2) is 23.3 Å². The van der Waals surface area contributed by atoms with Crippen LogP contribution in [0.4, 0.5) is 43.9 Å². The summed E-state index contributed by atoms with van der Waals surface area (Å²) in [5.74, 6) is -12.0. The Bertz CT molecular complexity index is 1760. The van der Waals surface area contributed by atoms with Gasteiger partial charge in [-0.2, -0.15) is 43.2 Å². The molecule has 0 bridgehead atoms. The van der Waals surface area contributed by atoms with E-state index in [0.29, 0.717) is 24.3 Å². The lowest BCUT2D eigenvalue weighted by Gasteiger charge is -2.37. The minimum Gasteiger partial charge on any atom is -0.370 e. The van der Waals surface area contributed by atoms with Crippen LogP contribution in [-0.4, -0.2) is 27.9 Å². The fraction of sp³-hybridized carbons (Fsp3) is 0.111. The zero-order valence-corrected chi connectivity index (χ0v) is 23.3. The summed E-state index contributed by atoms with van der Waals surface area (Å²) in [6, 6.07) is 14.8. The Kier molecular flexibility index (Phi) is 8.62. The van der Waals surface area contributed by atoms with Crippen molar-refractivity contribution in [3.05, 3.63) is 130 Å². The maximum absolute atomic E-state index is 15.3. The highest BCUT2D eigenvalue weighted by atomic mass is 32.2. The minimum atomic E-state index is -6.56. The second-order valence-electron chi connectivity index (χ2n) is 8.99. The average molecular weight is 689 g/mol. The summed E-state index contributed by atoms with van der Waals surface area (Å²) in [6.45, 7) is 0. The Labute approximate surface area is 247 Å². The third kappa shape index (κ3) is 6.15. The number of rotatable bonds is 8. The summed E-state index contributed by atoms with van der Waals surface area (Å²) in [5, 5.41) is 0. The molecule has 0 aromatic heterocycles. The predicted octanol–water partition coefficient (Wildman–Crippen LogP) is 7.08. The number of hydrogen-bond acceptors (Lipinski definition) is 6. The van der Waals surface area contributed by atoms with Crippen LogP contribution in [0.2, 0.25) is 0 Å². The predicted molar refractivity (Wildman–Crippen MR) is 136 cm³/mol. The minimum absolute atomic E-state index is 0.0398. The Balaban J connectivity index is 2.08. The van der Waals surface area contributed by atoms with E-state index < -0.39 is 82.6 Å². The second kappa shape index (κ2) is 11.6. The van der Waals surface area contributed by atoms with Crippen molar-refractivity contribution in [3.63, 3.8) is 0 Å². The molecule has 0 N–H and O–H groups in total. The van der Waals surface area contributed by atoms with Crippen molar-refractivity contribution in [2.45, 2.75) is 16.4 Å². The Morgan fingerprint density at radius 1 is 0.444 bits per heavy atom. The molecule has 0 fully saturated rings. The first-order chi connectivity index (χ1) is 20.7. The van der Waals surface area contributed by atoms with Gasteiger partial charge >= 0.3 is 31.3 Å². The van der Waals surface area contributed by atoms with Gasteiger partial charge in [0, 0.05) is 0 Å². The number of halogens is 10. The molecule has 240 valence electrons. The van der Waals surface area contributed by atoms with E-state index in [4.69, 9.17) is 0 Å². The van der Waals surface area contributed by atoms with Crippen LogP contribution in [0.25, 0.3) is 0 Å². The molecule has 0 heterocycles. The van der Waals surface area contributed by atoms with E-state index >= 15 is 17.6 Å². The van der Waals surface area contributed by atoms with Gasteiger partial charge in [-0.05, 0) is 46.5 Å². The monoisotopic (exact) mass is 688 g/mol. The first-order valence-electron chi connectivity index (χ1n) is 11.8. The van der Waals surface area contributed by atoms with Crippen molar-refractivity contribution in [3.8, 4) is 11.5 Å². The van der Waals surface area contributed by atoms with Crippen molar-refractivity contribution < 1.29 is 69.1 Å². The van der Waals surface area contributed by atoms with Crippen molar-refractivity contribution >= 4 is 20.2 Å². The summed E-state index contributed by atoms with van der Waals surface area (Å²) < 4.78 is 191. The van der Waals surface area contributed by atoms with Crippen LogP contribution in [0, 0.1) is 23.3 Å². The Hall–Kier alpha value is -4.32. The maximum atomic E-state index is 15.3. The van der Waals surface area contributed by atoms with E-state index in [1.54, 1.807) is 0 Å². The highest BCUT2D eigenvalue weighted by molar-refractivity contribution is 7.88. The summed E-state index contributed by atoms with van der Waals surface area (Å²) >= 11 is 0. The number of benzene rings is 4. The van der Waals surface area contributed by atoms with Crippen LogP contribution in [0.1, 0.15) is 22.3 Å². The fourth-order valence-corrected chi connectivity index (χ4v) is 5.35. The summed E-state index contributed by atoms with van der Waals surface area (Å²) in [6.07, 6.45) is 0. The lowest BCUT2D eigenvalue weighted by molar-refractivity contribution is -0.0506. The van der Waals surface area contributed by atoms with Crippen molar-refractivity contribution in [2.24, 2.45) is 0 Å². The smallest absolute Gasteiger partial charge is 0.370 e. The fourth-order valence-electron chi connectivity index (χ4n) is 4.40. The first kappa shape index (κ1) is 33.6. The third-order valence-electron chi connectivity index (χ3n) is 6.23. The normalized spacial score (nSPS) is 13.0. The van der Waals surface area contributed by atoms with Gasteiger partial charge in [-0.1, -0.05) is 60.7 Å². The molecule has 0 saturated heterocycles. The standard InChI is InChI=1S/C27H14F10O6S2/c28-19-11-17(12-20(29)23(19)42-44(38,39)26(32,33)34)25(15-7-3-1-4-8-15,16-9-5-2-6-10-16)18-13-21(30)24(22(31)14-18)43-45(40,41)27(35,36)37/h1-14H. The quantitative estimate of drug-likeness (QED) is 0.0852. The first-order valence-corrected chi connectivity index (χ1v) is 14.7. The average Bonchev–Trinajstić information content (AvgIpc) is 2.93. The van der Waals surface area contributed by atoms with Crippen LogP contribution >= 0.6 is 0 Å². The SMILES string of the molecule is O=S(=O)(Oc1c(F)cc(C(c2ccccc2)(c2ccccc2)c2cc(F)c(OS(=O)(=O)C(F)(F)F)c(F)c2)cc1F)C(F)(F)F. The molecule has 45 heavy (non-hydrogen) atoms. The van der Waals surface area contributed by atoms with Gasteiger partial charge in [0.05, 0.1) is 5.41 Å². The molecule has 0 aliphatic carbocycles. The van der Waals surface area contributed by atoms with Crippen molar-refractivity contribution in [1.29, 1.82) is 0 Å². The summed E-state index contributed by atoms with van der Waals surface area (Å²) in [7, 11) is -13.1. The van der Waals surface area contributed by atoms with Crippen LogP contribution in [0.3, 0.4) is 0 Å². The molecule has 4 aromatic carbocycles. The molecule has 0 aliphatic rings. The van der Waals surface area contributed by atoms with Crippen LogP contribution < -0.4 is 8.37 Å². The number of alkyl halides is 6. The van der Waals surface area contributed by atoms with Gasteiger partial charge in [-0.15, -0.1) is 0 Å². The summed E-state index contributed by atoms with van der Waals surface area (Å²) in [4.78, 5) is 0. The van der Waals surface area contributed by atoms with Gasteiger partial charge in [0.25, 0.3) is 0 Å². The number of hydrogen-bond donors (Lipinski definition) is 0. The molecule has 0 unspecified atom stereocenters. The van der Waals surface area contributed by atoms with E-state index in [2.05, 4.69) is 8.37 Å². The molecule has 0 spiro atoms. The molecular weight excluding hydrogens is 674 g/mol. The topological polar surface area (TPSA) is 86.7 Å². The largest absolute Gasteiger partial charge is 0.534 e. The molecule has 4 aromatic rings. The van der Waals surface area contributed by atoms with E-state index in [-0.39, 0.29) is 11.1 Å². The molecular formula is C27H14F10O6S2. The molecule has 6 nitrogen and oxygen atoms in total. The van der Waals surface area contributed by atoms with E-state index in [1.807, 2.05) is 0 Å². The molecule has 0 aliphatic heterocycles. The van der Waals surface area contributed by atoms with Gasteiger partial charge < -0.3 is 8.37 Å². The third-order valence-corrected chi connectivity index (χ3v) is 8.14. The van der Waals surface area contributed by atoms with Crippen molar-refractivity contribution in [1.82, 2.24) is 0 Å². The van der Waals surface area contributed by atoms with Gasteiger partial charge in [-0.25, -0.2) is 17.6 Å². The van der Waals surface area contributed by atoms with E-state index in [9.17, 15) is 43.2 Å². The van der Waals surface area contributed by atoms with Gasteiger partial charge in [0.1, 0.15) is 0 Å². The van der Waals surface area contributed by atoms with Gasteiger partial charge in [-0.3, -0.25) is 0 Å². The highest BCUT2D eigenvalue weighted by Crippen LogP contribution is 2.48. The highest BCUT2D eigenvalue weighted by Gasteiger charge is 2.51. The lowest BCUT2D eigenvalue weighted by atomic mass is 9.65. The van der Waals surface area contributed by atoms with Crippen LogP contribution in [0.15, 0.2) is 84.9 Å². The zero-order valence-electron chi connectivity index (χ0n) is 21.6. The Morgan fingerprint density at radius 3 is 0.956 bits per heavy atom. The molecule has 0 atom stereocenters. The molecule has 0 radical (unpaired) electrons. The van der Waals surface area contributed by atoms with E-state index in [0.717, 1.165) is 0 Å². The molecule has 18 heteroatoms. The second-order valence-corrected chi connectivity index (χ2v) is 12.1. The lowest BCUT2D eigenvalue weighted by Crippen LogP contribution is -2.33. The van der Waals surface area contributed by atoms with Gasteiger partial charge in [0.2, 0.25) is 11.5 Å².